The number of carbonyl (C=O) groups excluding carboxylic acids is 1. The van der Waals surface area contributed by atoms with Crippen LogP contribution in [0, 0.1) is 11.6 Å². The summed E-state index contributed by atoms with van der Waals surface area (Å²) in [6.45, 7) is 1.59. The monoisotopic (exact) mass is 336 g/mol. The Labute approximate surface area is 135 Å². The van der Waals surface area contributed by atoms with Gasteiger partial charge in [0.15, 0.2) is 0 Å². The summed E-state index contributed by atoms with van der Waals surface area (Å²) < 4.78 is 26.1. The molecule has 0 radical (unpaired) electrons. The summed E-state index contributed by atoms with van der Waals surface area (Å²) in [5.74, 6) is -2.80. The molecular formula is C15H14F2N4O3. The molecule has 24 heavy (non-hydrogen) atoms. The number of aromatic carboxylic acids is 1. The lowest BCUT2D eigenvalue weighted by Crippen LogP contribution is -2.42. The van der Waals surface area contributed by atoms with E-state index in [1.807, 2.05) is 0 Å². The smallest absolute Gasteiger partial charge is 0.337 e. The molecule has 0 saturated heterocycles. The lowest BCUT2D eigenvalue weighted by Gasteiger charge is -2.16. The largest absolute Gasteiger partial charge is 0.478 e. The van der Waals surface area contributed by atoms with Crippen molar-refractivity contribution in [3.05, 3.63) is 59.4 Å². The molecule has 126 valence electrons. The molecule has 7 nitrogen and oxygen atoms in total. The number of anilines is 1. The maximum atomic E-state index is 13.0. The second-order valence-corrected chi connectivity index (χ2v) is 4.84. The first kappa shape index (κ1) is 17.3. The van der Waals surface area contributed by atoms with E-state index in [4.69, 9.17) is 5.11 Å². The second-order valence-electron chi connectivity index (χ2n) is 4.84. The zero-order valence-electron chi connectivity index (χ0n) is 12.5. The van der Waals surface area contributed by atoms with Crippen LogP contribution in [0.15, 0.2) is 36.5 Å². The van der Waals surface area contributed by atoms with Gasteiger partial charge in [0.25, 0.3) is 0 Å². The van der Waals surface area contributed by atoms with Gasteiger partial charge in [-0.05, 0) is 31.2 Å². The molecule has 1 aromatic carbocycles. The molecule has 0 bridgehead atoms. The number of benzene rings is 1. The molecule has 0 saturated carbocycles. The van der Waals surface area contributed by atoms with E-state index in [0.29, 0.717) is 6.07 Å². The van der Waals surface area contributed by atoms with Crippen molar-refractivity contribution in [2.45, 2.75) is 13.0 Å². The minimum absolute atomic E-state index is 0.00749. The predicted octanol–water partition coefficient (Wildman–Crippen LogP) is 2.45. The number of carbonyl (C=O) groups is 2. The molecule has 4 N–H and O–H groups in total. The molecule has 1 aromatic heterocycles. The van der Waals surface area contributed by atoms with E-state index in [1.165, 1.54) is 18.3 Å². The minimum Gasteiger partial charge on any atom is -0.478 e. The van der Waals surface area contributed by atoms with Crippen molar-refractivity contribution in [1.29, 1.82) is 0 Å². The highest BCUT2D eigenvalue weighted by atomic mass is 19.1. The van der Waals surface area contributed by atoms with Crippen molar-refractivity contribution in [2.75, 3.05) is 5.32 Å². The number of hydrogen-bond donors (Lipinski definition) is 4. The number of halogens is 2. The maximum absolute atomic E-state index is 13.0. The van der Waals surface area contributed by atoms with Gasteiger partial charge in [0, 0.05) is 18.0 Å². The number of aromatic nitrogens is 1. The zero-order valence-corrected chi connectivity index (χ0v) is 12.5. The van der Waals surface area contributed by atoms with Crippen LogP contribution in [0.3, 0.4) is 0 Å². The van der Waals surface area contributed by atoms with Crippen LogP contribution >= 0.6 is 0 Å². The summed E-state index contributed by atoms with van der Waals surface area (Å²) in [7, 11) is 0. The highest BCUT2D eigenvalue weighted by Gasteiger charge is 2.17. The quantitative estimate of drug-likeness (QED) is 0.628. The fraction of sp³-hybridized carbons (Fsp3) is 0.133. The van der Waals surface area contributed by atoms with Gasteiger partial charge in [-0.15, -0.1) is 0 Å². The Morgan fingerprint density at radius 2 is 1.88 bits per heavy atom. The number of carboxylic acids is 1. The van der Waals surface area contributed by atoms with Gasteiger partial charge in [0.05, 0.1) is 17.3 Å². The van der Waals surface area contributed by atoms with Crippen LogP contribution in [0.4, 0.5) is 19.3 Å². The van der Waals surface area contributed by atoms with Crippen molar-refractivity contribution in [1.82, 2.24) is 15.8 Å². The normalized spacial score (nSPS) is 11.6. The third kappa shape index (κ3) is 4.46. The van der Waals surface area contributed by atoms with Crippen molar-refractivity contribution in [3.8, 4) is 0 Å². The first-order chi connectivity index (χ1) is 11.4. The van der Waals surface area contributed by atoms with E-state index in [0.717, 1.165) is 12.1 Å². The lowest BCUT2D eigenvalue weighted by atomic mass is 10.1. The van der Waals surface area contributed by atoms with E-state index in [9.17, 15) is 18.4 Å². The SMILES string of the molecule is CC(NNC(=O)Nc1cc(F)cc(F)c1)c1ncccc1C(=O)O. The number of nitrogens with zero attached hydrogens (tertiary/aromatic N) is 1. The topological polar surface area (TPSA) is 103 Å². The van der Waals surface area contributed by atoms with Crippen LogP contribution in [-0.4, -0.2) is 22.1 Å². The van der Waals surface area contributed by atoms with Crippen molar-refractivity contribution in [2.24, 2.45) is 0 Å². The molecule has 0 aliphatic carbocycles. The molecular weight excluding hydrogens is 322 g/mol. The molecule has 2 rings (SSSR count). The van der Waals surface area contributed by atoms with E-state index in [2.05, 4.69) is 21.2 Å². The van der Waals surface area contributed by atoms with Crippen LogP contribution in [0.2, 0.25) is 0 Å². The third-order valence-corrected chi connectivity index (χ3v) is 3.00. The van der Waals surface area contributed by atoms with Crippen LogP contribution in [0.1, 0.15) is 29.0 Å². The minimum atomic E-state index is -1.15. The molecule has 0 fully saturated rings. The van der Waals surface area contributed by atoms with E-state index >= 15 is 0 Å². The van der Waals surface area contributed by atoms with E-state index in [1.54, 1.807) is 6.92 Å². The Hall–Kier alpha value is -3.07. The molecule has 1 unspecified atom stereocenters. The third-order valence-electron chi connectivity index (χ3n) is 3.00. The van der Waals surface area contributed by atoms with Gasteiger partial charge in [0.2, 0.25) is 0 Å². The second kappa shape index (κ2) is 7.47. The molecule has 0 aliphatic rings. The fourth-order valence-corrected chi connectivity index (χ4v) is 1.97. The first-order valence-electron chi connectivity index (χ1n) is 6.83. The summed E-state index contributed by atoms with van der Waals surface area (Å²) in [4.78, 5) is 26.8. The molecule has 1 atom stereocenters. The molecule has 1 heterocycles. The molecule has 0 aliphatic heterocycles. The molecule has 9 heteroatoms. The maximum Gasteiger partial charge on any atom is 0.337 e. The average molecular weight is 336 g/mol. The number of nitrogens with one attached hydrogen (secondary N) is 3. The van der Waals surface area contributed by atoms with Gasteiger partial charge in [-0.3, -0.25) is 10.4 Å². The number of urea groups is 1. The van der Waals surface area contributed by atoms with Gasteiger partial charge < -0.3 is 10.4 Å². The van der Waals surface area contributed by atoms with E-state index < -0.39 is 29.7 Å². The predicted molar refractivity (Wildman–Crippen MR) is 81.3 cm³/mol. The van der Waals surface area contributed by atoms with Gasteiger partial charge in [0.1, 0.15) is 11.6 Å². The van der Waals surface area contributed by atoms with Gasteiger partial charge >= 0.3 is 12.0 Å². The Morgan fingerprint density at radius 1 is 1.21 bits per heavy atom. The molecule has 2 amide bonds. The summed E-state index contributed by atoms with van der Waals surface area (Å²) in [5, 5.41) is 11.3. The zero-order chi connectivity index (χ0) is 17.7. The highest BCUT2D eigenvalue weighted by molar-refractivity contribution is 5.89. The Kier molecular flexibility index (Phi) is 5.38. The number of hydrazine groups is 1. The van der Waals surface area contributed by atoms with Crippen LogP contribution < -0.4 is 16.2 Å². The highest BCUT2D eigenvalue weighted by Crippen LogP contribution is 2.15. The summed E-state index contributed by atoms with van der Waals surface area (Å²) in [6.07, 6.45) is 1.43. The Bertz CT molecular complexity index is 750. The van der Waals surface area contributed by atoms with Gasteiger partial charge in [-0.2, -0.15) is 0 Å². The van der Waals surface area contributed by atoms with Crippen molar-refractivity contribution >= 4 is 17.7 Å². The molecule has 0 spiro atoms. The number of hydrogen-bond acceptors (Lipinski definition) is 4. The van der Waals surface area contributed by atoms with Crippen molar-refractivity contribution < 1.29 is 23.5 Å². The summed E-state index contributed by atoms with van der Waals surface area (Å²) >= 11 is 0. The summed E-state index contributed by atoms with van der Waals surface area (Å²) in [6, 6.07) is 4.06. The number of rotatable bonds is 5. The van der Waals surface area contributed by atoms with Crippen molar-refractivity contribution in [3.63, 3.8) is 0 Å². The van der Waals surface area contributed by atoms with Crippen LogP contribution in [0.25, 0.3) is 0 Å². The van der Waals surface area contributed by atoms with Crippen LogP contribution in [-0.2, 0) is 0 Å². The fourth-order valence-electron chi connectivity index (χ4n) is 1.97. The van der Waals surface area contributed by atoms with E-state index in [-0.39, 0.29) is 16.9 Å². The lowest BCUT2D eigenvalue weighted by molar-refractivity contribution is 0.0694. The Balaban J connectivity index is 1.97. The summed E-state index contributed by atoms with van der Waals surface area (Å²) in [5.41, 5.74) is 4.98. The number of pyridine rings is 1. The number of amides is 2. The standard InChI is InChI=1S/C15H14F2N4O3/c1-8(13-12(14(22)23)3-2-4-18-13)20-21-15(24)19-11-6-9(16)5-10(17)7-11/h2-8,20H,1H3,(H,22,23)(H2,19,21,24). The van der Waals surface area contributed by atoms with Gasteiger partial charge in [-0.25, -0.2) is 23.8 Å². The van der Waals surface area contributed by atoms with Crippen LogP contribution in [0.5, 0.6) is 0 Å². The average Bonchev–Trinajstić information content (AvgIpc) is 2.51. The molecule has 2 aromatic rings. The van der Waals surface area contributed by atoms with Gasteiger partial charge in [-0.1, -0.05) is 0 Å². The number of carboxylic acid groups (broad SMARTS) is 1. The Morgan fingerprint density at radius 3 is 2.50 bits per heavy atom. The first-order valence-corrected chi connectivity index (χ1v) is 6.83.